The number of fused-ring (bicyclic) bond motifs is 1. The van der Waals surface area contributed by atoms with E-state index in [2.05, 4.69) is 4.98 Å². The number of benzene rings is 1. The van der Waals surface area contributed by atoms with Crippen LogP contribution in [-0.2, 0) is 12.0 Å². The molecule has 0 spiro atoms. The standard InChI is InChI=1S/C20H22N4O4.BrH/c1-11-5-6-12-9-23(19(21)17(12)22-11)10-16(25)13-7-14(20(2,3)4)18(26)15(8-13)24(27)28;/h5-8,21,26H,9-10H2,1-4H3;1H. The van der Waals surface area contributed by atoms with E-state index in [1.807, 2.05) is 19.1 Å². The Morgan fingerprint density at radius 3 is 2.59 bits per heavy atom. The lowest BCUT2D eigenvalue weighted by atomic mass is 9.84. The molecular weight excluding hydrogens is 440 g/mol. The molecule has 1 aliphatic rings. The summed E-state index contributed by atoms with van der Waals surface area (Å²) in [5.41, 5.74) is 1.62. The highest BCUT2D eigenvalue weighted by atomic mass is 79.9. The Morgan fingerprint density at radius 2 is 2.00 bits per heavy atom. The van der Waals surface area contributed by atoms with Crippen LogP contribution in [0.4, 0.5) is 5.69 Å². The van der Waals surface area contributed by atoms with Crippen LogP contribution in [0.1, 0.15) is 53.6 Å². The number of rotatable bonds is 4. The number of carbonyl (C=O) groups excluding carboxylic acids is 1. The van der Waals surface area contributed by atoms with Gasteiger partial charge in [-0.25, -0.2) is 4.98 Å². The summed E-state index contributed by atoms with van der Waals surface area (Å²) in [6.45, 7) is 7.55. The summed E-state index contributed by atoms with van der Waals surface area (Å²) in [7, 11) is 0. The first-order valence-electron chi connectivity index (χ1n) is 8.84. The van der Waals surface area contributed by atoms with Gasteiger partial charge in [0.25, 0.3) is 0 Å². The number of phenolic OH excluding ortho intramolecular Hbond substituents is 1. The van der Waals surface area contributed by atoms with Gasteiger partial charge in [0, 0.05) is 35.0 Å². The van der Waals surface area contributed by atoms with E-state index in [0.29, 0.717) is 17.8 Å². The number of amidine groups is 1. The fourth-order valence-corrected chi connectivity index (χ4v) is 3.24. The highest BCUT2D eigenvalue weighted by Gasteiger charge is 2.31. The first kappa shape index (κ1) is 22.5. The van der Waals surface area contributed by atoms with Gasteiger partial charge in [0.05, 0.1) is 11.5 Å². The maximum Gasteiger partial charge on any atom is 0.311 e. The first-order chi connectivity index (χ1) is 13.0. The van der Waals surface area contributed by atoms with Gasteiger partial charge in [0.15, 0.2) is 11.5 Å². The van der Waals surface area contributed by atoms with Crippen molar-refractivity contribution < 1.29 is 14.8 Å². The molecule has 2 N–H and O–H groups in total. The number of pyridine rings is 1. The van der Waals surface area contributed by atoms with E-state index in [9.17, 15) is 20.0 Å². The molecule has 1 aromatic heterocycles. The third-order valence-electron chi connectivity index (χ3n) is 4.77. The average Bonchev–Trinajstić information content (AvgIpc) is 2.89. The summed E-state index contributed by atoms with van der Waals surface area (Å²) in [4.78, 5) is 29.5. The number of nitro benzene ring substituents is 1. The maximum absolute atomic E-state index is 12.9. The van der Waals surface area contributed by atoms with Crippen molar-refractivity contribution >= 4 is 34.3 Å². The number of phenols is 1. The largest absolute Gasteiger partial charge is 0.502 e. The van der Waals surface area contributed by atoms with Crippen molar-refractivity contribution in [1.29, 1.82) is 5.41 Å². The van der Waals surface area contributed by atoms with Crippen LogP contribution in [0.5, 0.6) is 5.75 Å². The number of aryl methyl sites for hydroxylation is 1. The smallest absolute Gasteiger partial charge is 0.311 e. The zero-order valence-corrected chi connectivity index (χ0v) is 18.4. The topological polar surface area (TPSA) is 120 Å². The second-order valence-electron chi connectivity index (χ2n) is 7.99. The molecule has 2 aromatic rings. The van der Waals surface area contributed by atoms with Crippen LogP contribution >= 0.6 is 17.0 Å². The van der Waals surface area contributed by atoms with Gasteiger partial charge in [0.1, 0.15) is 11.5 Å². The van der Waals surface area contributed by atoms with E-state index in [-0.39, 0.29) is 40.7 Å². The van der Waals surface area contributed by atoms with Crippen molar-refractivity contribution in [3.05, 3.63) is 62.5 Å². The predicted molar refractivity (Wildman–Crippen MR) is 114 cm³/mol. The van der Waals surface area contributed by atoms with Crippen LogP contribution in [0.3, 0.4) is 0 Å². The summed E-state index contributed by atoms with van der Waals surface area (Å²) >= 11 is 0. The van der Waals surface area contributed by atoms with Crippen LogP contribution in [0.25, 0.3) is 0 Å². The summed E-state index contributed by atoms with van der Waals surface area (Å²) in [6, 6.07) is 6.35. The van der Waals surface area contributed by atoms with E-state index < -0.39 is 21.8 Å². The summed E-state index contributed by atoms with van der Waals surface area (Å²) in [5.74, 6) is -0.616. The molecule has 1 aliphatic heterocycles. The van der Waals surface area contributed by atoms with Crippen molar-refractivity contribution in [1.82, 2.24) is 9.88 Å². The summed E-state index contributed by atoms with van der Waals surface area (Å²) in [6.07, 6.45) is 0. The number of Topliss-reactive ketones (excluding diaryl/α,β-unsaturated/α-hetero) is 1. The van der Waals surface area contributed by atoms with Crippen molar-refractivity contribution in [2.45, 2.75) is 39.7 Å². The third kappa shape index (κ3) is 4.29. The van der Waals surface area contributed by atoms with Gasteiger partial charge in [-0.3, -0.25) is 20.3 Å². The van der Waals surface area contributed by atoms with Gasteiger partial charge in [-0.1, -0.05) is 26.8 Å². The van der Waals surface area contributed by atoms with Gasteiger partial charge in [0.2, 0.25) is 0 Å². The van der Waals surface area contributed by atoms with Crippen LogP contribution in [0.2, 0.25) is 0 Å². The minimum atomic E-state index is -0.693. The van der Waals surface area contributed by atoms with Crippen molar-refractivity contribution in [2.75, 3.05) is 6.54 Å². The number of halogens is 1. The SMILES string of the molecule is Br.Cc1ccc2c(n1)C(=N)N(CC(=O)c1cc([N+](=O)[O-])c(O)c(C(C)(C)C)c1)C2. The van der Waals surface area contributed by atoms with E-state index in [4.69, 9.17) is 5.41 Å². The molecule has 0 amide bonds. The van der Waals surface area contributed by atoms with Gasteiger partial charge >= 0.3 is 5.69 Å². The predicted octanol–water partition coefficient (Wildman–Crippen LogP) is 3.90. The Hall–Kier alpha value is -2.81. The van der Waals surface area contributed by atoms with Gasteiger partial charge in [-0.15, -0.1) is 17.0 Å². The molecule has 0 bridgehead atoms. The number of nitrogens with zero attached hydrogens (tertiary/aromatic N) is 3. The zero-order valence-electron chi connectivity index (χ0n) is 16.6. The molecule has 0 saturated carbocycles. The molecule has 8 nitrogen and oxygen atoms in total. The molecule has 9 heteroatoms. The van der Waals surface area contributed by atoms with E-state index in [1.54, 1.807) is 25.7 Å². The summed E-state index contributed by atoms with van der Waals surface area (Å²) in [5, 5.41) is 29.9. The Bertz CT molecular complexity index is 1010. The number of nitro groups is 1. The second kappa shape index (κ2) is 7.90. The molecule has 0 radical (unpaired) electrons. The minimum absolute atomic E-state index is 0. The number of hydrogen-bond donors (Lipinski definition) is 2. The van der Waals surface area contributed by atoms with Crippen LogP contribution in [-0.4, -0.2) is 38.1 Å². The first-order valence-corrected chi connectivity index (χ1v) is 8.84. The Balaban J connectivity index is 0.00000300. The molecule has 0 unspecified atom stereocenters. The van der Waals surface area contributed by atoms with Crippen LogP contribution in [0.15, 0.2) is 24.3 Å². The quantitative estimate of drug-likeness (QED) is 0.403. The summed E-state index contributed by atoms with van der Waals surface area (Å²) < 4.78 is 0. The molecule has 154 valence electrons. The molecule has 29 heavy (non-hydrogen) atoms. The third-order valence-corrected chi connectivity index (χ3v) is 4.77. The van der Waals surface area contributed by atoms with Gasteiger partial charge in [-0.05, 0) is 24.5 Å². The number of carbonyl (C=O) groups is 1. The van der Waals surface area contributed by atoms with Crippen molar-refractivity contribution in [3.8, 4) is 5.75 Å². The fraction of sp³-hybridized carbons (Fsp3) is 0.350. The Morgan fingerprint density at radius 1 is 1.34 bits per heavy atom. The Labute approximate surface area is 179 Å². The number of aromatic nitrogens is 1. The number of hydrogen-bond acceptors (Lipinski definition) is 6. The highest BCUT2D eigenvalue weighted by Crippen LogP contribution is 2.38. The van der Waals surface area contributed by atoms with Crippen LogP contribution in [0, 0.1) is 22.4 Å². The van der Waals surface area contributed by atoms with Gasteiger partial charge in [-0.2, -0.15) is 0 Å². The zero-order chi connectivity index (χ0) is 20.8. The highest BCUT2D eigenvalue weighted by molar-refractivity contribution is 8.93. The second-order valence-corrected chi connectivity index (χ2v) is 7.99. The van der Waals surface area contributed by atoms with E-state index in [0.717, 1.165) is 17.3 Å². The fourth-order valence-electron chi connectivity index (χ4n) is 3.24. The monoisotopic (exact) mass is 462 g/mol. The van der Waals surface area contributed by atoms with Gasteiger partial charge < -0.3 is 10.0 Å². The molecule has 0 atom stereocenters. The Kier molecular flexibility index (Phi) is 6.13. The molecule has 3 rings (SSSR count). The molecular formula is C20H23BrN4O4. The lowest BCUT2D eigenvalue weighted by molar-refractivity contribution is -0.386. The van der Waals surface area contributed by atoms with E-state index in [1.165, 1.54) is 6.07 Å². The van der Waals surface area contributed by atoms with Crippen molar-refractivity contribution in [2.24, 2.45) is 0 Å². The maximum atomic E-state index is 12.9. The number of ketones is 1. The number of nitrogens with one attached hydrogen (secondary N) is 1. The van der Waals surface area contributed by atoms with Crippen molar-refractivity contribution in [3.63, 3.8) is 0 Å². The van der Waals surface area contributed by atoms with E-state index >= 15 is 0 Å². The number of aromatic hydroxyl groups is 1. The molecule has 1 aromatic carbocycles. The average molecular weight is 463 g/mol. The lowest BCUT2D eigenvalue weighted by Gasteiger charge is -2.22. The molecule has 0 fully saturated rings. The van der Waals surface area contributed by atoms with Crippen LogP contribution < -0.4 is 0 Å². The molecule has 0 aliphatic carbocycles. The molecule has 0 saturated heterocycles. The minimum Gasteiger partial charge on any atom is -0.502 e. The lowest BCUT2D eigenvalue weighted by Crippen LogP contribution is -2.30. The normalized spacial score (nSPS) is 13.1. The molecule has 2 heterocycles.